The van der Waals surface area contributed by atoms with Gasteiger partial charge < -0.3 is 19.2 Å². The van der Waals surface area contributed by atoms with E-state index < -0.39 is 0 Å². The third-order valence-corrected chi connectivity index (χ3v) is 4.94. The molecule has 1 aliphatic heterocycles. The van der Waals surface area contributed by atoms with Crippen molar-refractivity contribution in [2.24, 2.45) is 0 Å². The van der Waals surface area contributed by atoms with Crippen molar-refractivity contribution in [3.63, 3.8) is 0 Å². The number of imidazole rings is 1. The summed E-state index contributed by atoms with van der Waals surface area (Å²) in [7, 11) is 0. The number of carbonyl (C=O) groups is 2. The number of nitrogens with one attached hydrogen (secondary N) is 1. The lowest BCUT2D eigenvalue weighted by atomic mass is 10.1. The van der Waals surface area contributed by atoms with E-state index in [2.05, 4.69) is 15.3 Å². The number of fused-ring (bicyclic) bond motifs is 1. The first-order chi connectivity index (χ1) is 13.5. The molecular weight excluding hydrogens is 358 g/mol. The average Bonchev–Trinajstić information content (AvgIpc) is 3.33. The number of aromatic nitrogens is 3. The first kappa shape index (κ1) is 18.0. The molecule has 1 aliphatic rings. The molecule has 0 spiro atoms. The largest absolute Gasteiger partial charge is 0.459 e. The third-order valence-electron chi connectivity index (χ3n) is 4.94. The van der Waals surface area contributed by atoms with E-state index in [1.165, 1.54) is 6.26 Å². The van der Waals surface area contributed by atoms with E-state index in [4.69, 9.17) is 4.42 Å². The number of carbonyl (C=O) groups excluding carboxylic acids is 2. The predicted molar refractivity (Wildman–Crippen MR) is 101 cm³/mol. The van der Waals surface area contributed by atoms with Gasteiger partial charge in [0.05, 0.1) is 24.5 Å². The lowest BCUT2D eigenvalue weighted by molar-refractivity contribution is 0.0604. The van der Waals surface area contributed by atoms with Crippen LogP contribution in [0.25, 0.3) is 0 Å². The molecule has 144 valence electrons. The Morgan fingerprint density at radius 1 is 1.29 bits per heavy atom. The van der Waals surface area contributed by atoms with Crippen LogP contribution in [0.5, 0.6) is 0 Å². The quantitative estimate of drug-likeness (QED) is 0.751. The van der Waals surface area contributed by atoms with Crippen LogP contribution in [-0.2, 0) is 13.1 Å². The van der Waals surface area contributed by atoms with Crippen LogP contribution in [0.2, 0.25) is 0 Å². The highest BCUT2D eigenvalue weighted by atomic mass is 16.3. The summed E-state index contributed by atoms with van der Waals surface area (Å²) in [6, 6.07) is 7.06. The first-order valence-corrected chi connectivity index (χ1v) is 9.15. The van der Waals surface area contributed by atoms with Gasteiger partial charge in [0, 0.05) is 31.0 Å². The van der Waals surface area contributed by atoms with Gasteiger partial charge >= 0.3 is 0 Å². The molecule has 3 aromatic heterocycles. The van der Waals surface area contributed by atoms with Crippen molar-refractivity contribution in [2.45, 2.75) is 33.0 Å². The highest BCUT2D eigenvalue weighted by Crippen LogP contribution is 2.27. The zero-order valence-electron chi connectivity index (χ0n) is 15.8. The monoisotopic (exact) mass is 379 g/mol. The number of furan rings is 1. The van der Waals surface area contributed by atoms with Crippen LogP contribution in [0, 0.1) is 6.92 Å². The van der Waals surface area contributed by atoms with Gasteiger partial charge in [-0.25, -0.2) is 4.98 Å². The number of aryl methyl sites for hydroxylation is 1. The Kier molecular flexibility index (Phi) is 4.68. The molecule has 0 unspecified atom stereocenters. The van der Waals surface area contributed by atoms with Crippen LogP contribution in [0.4, 0.5) is 0 Å². The molecule has 4 rings (SSSR count). The zero-order chi connectivity index (χ0) is 19.7. The summed E-state index contributed by atoms with van der Waals surface area (Å²) in [6.07, 6.45) is 4.94. The second-order valence-electron chi connectivity index (χ2n) is 6.79. The maximum absolute atomic E-state index is 12.8. The molecular formula is C20H21N5O3. The molecule has 0 saturated carbocycles. The van der Waals surface area contributed by atoms with E-state index in [-0.39, 0.29) is 17.9 Å². The van der Waals surface area contributed by atoms with Gasteiger partial charge in [-0.1, -0.05) is 6.07 Å². The number of hydrogen-bond donors (Lipinski definition) is 1. The topological polar surface area (TPSA) is 93.3 Å². The molecule has 1 atom stereocenters. The predicted octanol–water partition coefficient (Wildman–Crippen LogP) is 2.33. The Morgan fingerprint density at radius 2 is 2.14 bits per heavy atom. The van der Waals surface area contributed by atoms with Gasteiger partial charge in [0.15, 0.2) is 5.76 Å². The molecule has 2 amide bonds. The van der Waals surface area contributed by atoms with Crippen molar-refractivity contribution in [1.29, 1.82) is 0 Å². The molecule has 0 fully saturated rings. The van der Waals surface area contributed by atoms with E-state index in [1.807, 2.05) is 36.6 Å². The summed E-state index contributed by atoms with van der Waals surface area (Å²) in [4.78, 5) is 35.7. The van der Waals surface area contributed by atoms with Gasteiger partial charge in [-0.2, -0.15) is 0 Å². The van der Waals surface area contributed by atoms with Crippen molar-refractivity contribution in [3.8, 4) is 0 Å². The Morgan fingerprint density at radius 3 is 2.86 bits per heavy atom. The van der Waals surface area contributed by atoms with Crippen LogP contribution in [0.1, 0.15) is 51.1 Å². The summed E-state index contributed by atoms with van der Waals surface area (Å²) in [5.41, 5.74) is 1.92. The summed E-state index contributed by atoms with van der Waals surface area (Å²) in [5.74, 6) is 0.608. The fourth-order valence-electron chi connectivity index (χ4n) is 3.36. The number of pyridine rings is 1. The van der Waals surface area contributed by atoms with Crippen LogP contribution in [-0.4, -0.2) is 37.8 Å². The maximum Gasteiger partial charge on any atom is 0.290 e. The summed E-state index contributed by atoms with van der Waals surface area (Å²) < 4.78 is 7.27. The van der Waals surface area contributed by atoms with Crippen LogP contribution in [0.15, 0.2) is 47.3 Å². The SMILES string of the molecule is Cc1ccoc1C(=O)N1CCn2cc(C(=O)NCc3ccccn3)nc2[C@H]1C. The molecule has 8 nitrogen and oxygen atoms in total. The molecule has 3 aromatic rings. The summed E-state index contributed by atoms with van der Waals surface area (Å²) >= 11 is 0. The molecule has 28 heavy (non-hydrogen) atoms. The van der Waals surface area contributed by atoms with E-state index in [9.17, 15) is 9.59 Å². The normalized spacial score (nSPS) is 15.9. The fourth-order valence-corrected chi connectivity index (χ4v) is 3.36. The van der Waals surface area contributed by atoms with Gasteiger partial charge in [0.2, 0.25) is 0 Å². The third kappa shape index (κ3) is 3.28. The minimum atomic E-state index is -0.264. The van der Waals surface area contributed by atoms with E-state index >= 15 is 0 Å². The van der Waals surface area contributed by atoms with Gasteiger partial charge in [-0.05, 0) is 32.0 Å². The van der Waals surface area contributed by atoms with Gasteiger partial charge in [0.25, 0.3) is 11.8 Å². The van der Waals surface area contributed by atoms with E-state index in [1.54, 1.807) is 23.4 Å². The Hall–Kier alpha value is -3.42. The lowest BCUT2D eigenvalue weighted by Gasteiger charge is -2.33. The molecule has 8 heteroatoms. The van der Waals surface area contributed by atoms with Crippen molar-refractivity contribution >= 4 is 11.8 Å². The highest BCUT2D eigenvalue weighted by Gasteiger charge is 2.32. The highest BCUT2D eigenvalue weighted by molar-refractivity contribution is 5.93. The van der Waals surface area contributed by atoms with Gasteiger partial charge in [-0.3, -0.25) is 14.6 Å². The van der Waals surface area contributed by atoms with E-state index in [0.717, 1.165) is 11.3 Å². The summed E-state index contributed by atoms with van der Waals surface area (Å²) in [6.45, 7) is 5.18. The second kappa shape index (κ2) is 7.30. The fraction of sp³-hybridized carbons (Fsp3) is 0.300. The van der Waals surface area contributed by atoms with Crippen LogP contribution in [0.3, 0.4) is 0 Å². The van der Waals surface area contributed by atoms with Gasteiger partial charge in [-0.15, -0.1) is 0 Å². The molecule has 0 aliphatic carbocycles. The standard InChI is InChI=1S/C20H21N5O3/c1-13-6-10-28-17(13)20(27)25-9-8-24-12-16(23-18(24)14(25)2)19(26)22-11-15-5-3-4-7-21-15/h3-7,10,12,14H,8-9,11H2,1-2H3,(H,22,26)/t14-/m1/s1. The minimum Gasteiger partial charge on any atom is -0.459 e. The van der Waals surface area contributed by atoms with Gasteiger partial charge in [0.1, 0.15) is 11.5 Å². The molecule has 0 saturated heterocycles. The lowest BCUT2D eigenvalue weighted by Crippen LogP contribution is -2.41. The van der Waals surface area contributed by atoms with Crippen molar-refractivity contribution in [1.82, 2.24) is 24.8 Å². The number of nitrogens with zero attached hydrogens (tertiary/aromatic N) is 4. The van der Waals surface area contributed by atoms with Crippen molar-refractivity contribution < 1.29 is 14.0 Å². The molecule has 0 bridgehead atoms. The maximum atomic E-state index is 12.8. The number of rotatable bonds is 4. The second-order valence-corrected chi connectivity index (χ2v) is 6.79. The van der Waals surface area contributed by atoms with Crippen LogP contribution >= 0.6 is 0 Å². The molecule has 4 heterocycles. The minimum absolute atomic E-state index is 0.162. The number of amides is 2. The Labute approximate surface area is 162 Å². The van der Waals surface area contributed by atoms with Crippen molar-refractivity contribution in [2.75, 3.05) is 6.54 Å². The number of hydrogen-bond acceptors (Lipinski definition) is 5. The molecule has 0 radical (unpaired) electrons. The zero-order valence-corrected chi connectivity index (χ0v) is 15.8. The Bertz CT molecular complexity index is 1010. The Balaban J connectivity index is 1.48. The molecule has 1 N–H and O–H groups in total. The summed E-state index contributed by atoms with van der Waals surface area (Å²) in [5, 5.41) is 2.83. The first-order valence-electron chi connectivity index (χ1n) is 9.15. The van der Waals surface area contributed by atoms with E-state index in [0.29, 0.717) is 36.9 Å². The molecule has 0 aromatic carbocycles. The average molecular weight is 379 g/mol. The smallest absolute Gasteiger partial charge is 0.290 e. The van der Waals surface area contributed by atoms with Crippen LogP contribution < -0.4 is 5.32 Å². The van der Waals surface area contributed by atoms with Crippen molar-refractivity contribution in [3.05, 3.63) is 71.5 Å².